The highest BCUT2D eigenvalue weighted by Gasteiger charge is 2.47. The Morgan fingerprint density at radius 3 is 2.53 bits per heavy atom. The first-order chi connectivity index (χ1) is 6.98. The van der Waals surface area contributed by atoms with Gasteiger partial charge < -0.3 is 9.80 Å². The largest absolute Gasteiger partial charge is 0.321 e. The van der Waals surface area contributed by atoms with Crippen LogP contribution in [0.1, 0.15) is 13.3 Å². The van der Waals surface area contributed by atoms with Crippen molar-refractivity contribution in [3.63, 3.8) is 0 Å². The van der Waals surface area contributed by atoms with Gasteiger partial charge in [-0.25, -0.2) is 13.6 Å². The molecule has 0 atom stereocenters. The van der Waals surface area contributed by atoms with E-state index in [1.165, 1.54) is 10.5 Å². The summed E-state index contributed by atoms with van der Waals surface area (Å²) in [5.74, 6) is -2.67. The first kappa shape index (κ1) is 10.4. The smallest absolute Gasteiger partial charge is 0.320 e. The van der Waals surface area contributed by atoms with Gasteiger partial charge in [0.1, 0.15) is 0 Å². The topological polar surface area (TPSA) is 23.6 Å². The Morgan fingerprint density at radius 1 is 1.40 bits per heavy atom. The predicted molar refractivity (Wildman–Crippen MR) is 51.9 cm³/mol. The van der Waals surface area contributed by atoms with E-state index in [1.54, 1.807) is 4.90 Å². The number of amides is 2. The third-order valence-corrected chi connectivity index (χ3v) is 2.82. The number of likely N-dealkylation sites (tertiary alicyclic amines) is 1. The van der Waals surface area contributed by atoms with Gasteiger partial charge in [-0.15, -0.1) is 0 Å². The minimum atomic E-state index is -2.67. The van der Waals surface area contributed by atoms with Crippen molar-refractivity contribution >= 4 is 6.03 Å². The lowest BCUT2D eigenvalue weighted by Gasteiger charge is -2.41. The zero-order valence-corrected chi connectivity index (χ0v) is 8.67. The number of carbonyl (C=O) groups excluding carboxylic acids is 1. The van der Waals surface area contributed by atoms with Crippen LogP contribution in [0.5, 0.6) is 0 Å². The average molecular weight is 216 g/mol. The van der Waals surface area contributed by atoms with Crippen molar-refractivity contribution in [2.45, 2.75) is 19.3 Å². The summed E-state index contributed by atoms with van der Waals surface area (Å²) >= 11 is 0. The van der Waals surface area contributed by atoms with Crippen molar-refractivity contribution in [1.29, 1.82) is 0 Å². The molecule has 2 heterocycles. The quantitative estimate of drug-likeness (QED) is 0.565. The maximum Gasteiger partial charge on any atom is 0.320 e. The molecule has 15 heavy (non-hydrogen) atoms. The van der Waals surface area contributed by atoms with Crippen LogP contribution in [0, 0.1) is 0 Å². The van der Waals surface area contributed by atoms with Gasteiger partial charge in [0.05, 0.1) is 13.1 Å². The molecular formula is C10H14F2N2O. The van der Waals surface area contributed by atoms with Gasteiger partial charge in [-0.1, -0.05) is 11.6 Å². The van der Waals surface area contributed by atoms with Crippen LogP contribution in [-0.2, 0) is 0 Å². The van der Waals surface area contributed by atoms with Crippen molar-refractivity contribution in [1.82, 2.24) is 9.80 Å². The molecule has 0 aromatic heterocycles. The minimum Gasteiger partial charge on any atom is -0.321 e. The van der Waals surface area contributed by atoms with Gasteiger partial charge in [0.25, 0.3) is 5.92 Å². The number of carbonyl (C=O) groups is 1. The normalized spacial score (nSPS) is 24.6. The summed E-state index contributed by atoms with van der Waals surface area (Å²) in [6.07, 6.45) is 2.81. The van der Waals surface area contributed by atoms with Gasteiger partial charge >= 0.3 is 6.03 Å². The highest BCUT2D eigenvalue weighted by molar-refractivity contribution is 5.76. The lowest BCUT2D eigenvalue weighted by atomic mass is 10.1. The van der Waals surface area contributed by atoms with Crippen LogP contribution in [0.3, 0.4) is 0 Å². The SMILES string of the molecule is CC1=CCN(C(=O)N2CC(F)(F)C2)CC1. The molecule has 0 aromatic carbocycles. The van der Waals surface area contributed by atoms with Gasteiger partial charge in [0.15, 0.2) is 0 Å². The molecule has 2 amide bonds. The van der Waals surface area contributed by atoms with Crippen molar-refractivity contribution in [3.8, 4) is 0 Å². The Hall–Kier alpha value is -1.13. The van der Waals surface area contributed by atoms with Crippen LogP contribution in [0.2, 0.25) is 0 Å². The molecule has 3 nitrogen and oxygen atoms in total. The van der Waals surface area contributed by atoms with Crippen LogP contribution in [0.15, 0.2) is 11.6 Å². The van der Waals surface area contributed by atoms with E-state index in [-0.39, 0.29) is 6.03 Å². The van der Waals surface area contributed by atoms with E-state index in [0.29, 0.717) is 13.1 Å². The maximum absolute atomic E-state index is 12.6. The molecular weight excluding hydrogens is 202 g/mol. The molecule has 0 radical (unpaired) electrons. The third kappa shape index (κ3) is 2.11. The Morgan fingerprint density at radius 2 is 2.07 bits per heavy atom. The van der Waals surface area contributed by atoms with Crippen LogP contribution in [0.4, 0.5) is 13.6 Å². The molecule has 1 saturated heterocycles. The Kier molecular flexibility index (Phi) is 2.40. The second-order valence-electron chi connectivity index (χ2n) is 4.24. The number of urea groups is 1. The number of nitrogens with zero attached hydrogens (tertiary/aromatic N) is 2. The van der Waals surface area contributed by atoms with Crippen LogP contribution in [0.25, 0.3) is 0 Å². The second-order valence-corrected chi connectivity index (χ2v) is 4.24. The Balaban J connectivity index is 1.88. The fourth-order valence-electron chi connectivity index (χ4n) is 1.79. The fraction of sp³-hybridized carbons (Fsp3) is 0.700. The maximum atomic E-state index is 12.6. The van der Waals surface area contributed by atoms with Gasteiger partial charge in [-0.2, -0.15) is 0 Å². The lowest BCUT2D eigenvalue weighted by molar-refractivity contribution is -0.113. The molecule has 2 aliphatic rings. The van der Waals surface area contributed by atoms with E-state index >= 15 is 0 Å². The molecule has 0 aromatic rings. The number of hydrogen-bond donors (Lipinski definition) is 0. The van der Waals surface area contributed by atoms with Crippen LogP contribution >= 0.6 is 0 Å². The predicted octanol–water partition coefficient (Wildman–Crippen LogP) is 1.71. The van der Waals surface area contributed by atoms with Crippen LogP contribution < -0.4 is 0 Å². The van der Waals surface area contributed by atoms with E-state index in [2.05, 4.69) is 0 Å². The van der Waals surface area contributed by atoms with Crippen molar-refractivity contribution in [3.05, 3.63) is 11.6 Å². The molecule has 0 N–H and O–H groups in total. The summed E-state index contributed by atoms with van der Waals surface area (Å²) < 4.78 is 25.1. The minimum absolute atomic E-state index is 0.260. The average Bonchev–Trinajstić information content (AvgIpc) is 2.14. The lowest BCUT2D eigenvalue weighted by Crippen LogP contribution is -2.61. The molecule has 1 fully saturated rings. The summed E-state index contributed by atoms with van der Waals surface area (Å²) in [5.41, 5.74) is 1.26. The number of alkyl halides is 2. The fourth-order valence-corrected chi connectivity index (χ4v) is 1.79. The van der Waals surface area contributed by atoms with E-state index in [1.807, 2.05) is 13.0 Å². The number of rotatable bonds is 0. The molecule has 0 unspecified atom stereocenters. The zero-order valence-electron chi connectivity index (χ0n) is 8.67. The van der Waals surface area contributed by atoms with Crippen molar-refractivity contribution in [2.75, 3.05) is 26.2 Å². The second kappa shape index (κ2) is 3.47. The first-order valence-electron chi connectivity index (χ1n) is 5.05. The first-order valence-corrected chi connectivity index (χ1v) is 5.05. The monoisotopic (exact) mass is 216 g/mol. The van der Waals surface area contributed by atoms with E-state index in [0.717, 1.165) is 6.42 Å². The summed E-state index contributed by atoms with van der Waals surface area (Å²) in [5, 5.41) is 0. The van der Waals surface area contributed by atoms with Gasteiger partial charge in [-0.3, -0.25) is 0 Å². The van der Waals surface area contributed by atoms with E-state index in [9.17, 15) is 13.6 Å². The third-order valence-electron chi connectivity index (χ3n) is 2.82. The highest BCUT2D eigenvalue weighted by atomic mass is 19.3. The highest BCUT2D eigenvalue weighted by Crippen LogP contribution is 2.28. The van der Waals surface area contributed by atoms with E-state index < -0.39 is 19.0 Å². The molecule has 2 aliphatic heterocycles. The summed E-state index contributed by atoms with van der Waals surface area (Å²) in [7, 11) is 0. The van der Waals surface area contributed by atoms with Crippen molar-refractivity contribution in [2.24, 2.45) is 0 Å². The molecule has 5 heteroatoms. The summed E-state index contributed by atoms with van der Waals surface area (Å²) in [6.45, 7) is 2.35. The Labute approximate surface area is 87.3 Å². The molecule has 0 saturated carbocycles. The van der Waals surface area contributed by atoms with Crippen LogP contribution in [-0.4, -0.2) is 47.9 Å². The van der Waals surface area contributed by atoms with Gasteiger partial charge in [-0.05, 0) is 13.3 Å². The summed E-state index contributed by atoms with van der Waals surface area (Å²) in [4.78, 5) is 14.5. The number of halogens is 2. The molecule has 0 bridgehead atoms. The zero-order chi connectivity index (χ0) is 11.1. The summed E-state index contributed by atoms with van der Waals surface area (Å²) in [6, 6.07) is -0.260. The van der Waals surface area contributed by atoms with Gasteiger partial charge in [0.2, 0.25) is 0 Å². The molecule has 2 rings (SSSR count). The number of hydrogen-bond acceptors (Lipinski definition) is 1. The Bertz CT molecular complexity index is 307. The van der Waals surface area contributed by atoms with E-state index in [4.69, 9.17) is 0 Å². The molecule has 0 spiro atoms. The molecule has 0 aliphatic carbocycles. The standard InChI is InChI=1S/C10H14F2N2O/c1-8-2-4-13(5-3-8)9(15)14-6-10(11,12)7-14/h2H,3-7H2,1H3. The van der Waals surface area contributed by atoms with Crippen molar-refractivity contribution < 1.29 is 13.6 Å². The van der Waals surface area contributed by atoms with Gasteiger partial charge in [0, 0.05) is 13.1 Å². The molecule has 84 valence electrons.